The van der Waals surface area contributed by atoms with E-state index < -0.39 is 0 Å². The van der Waals surface area contributed by atoms with Crippen molar-refractivity contribution in [2.24, 2.45) is 0 Å². The Kier molecular flexibility index (Phi) is 2.92. The number of halogens is 1. The Balaban J connectivity index is 2.42. The summed E-state index contributed by atoms with van der Waals surface area (Å²) in [5, 5.41) is 7.71. The van der Waals surface area contributed by atoms with Gasteiger partial charge in [0.25, 0.3) is 0 Å². The zero-order chi connectivity index (χ0) is 11.5. The third-order valence-electron chi connectivity index (χ3n) is 2.07. The number of hydrogen-bond acceptors (Lipinski definition) is 4. The van der Waals surface area contributed by atoms with Crippen molar-refractivity contribution in [3.8, 4) is 0 Å². The minimum absolute atomic E-state index is 0.248. The number of aromatic nitrogens is 3. The number of hydrogen-bond donors (Lipinski definition) is 0. The van der Waals surface area contributed by atoms with Gasteiger partial charge in [-0.15, -0.1) is 10.2 Å². The molecule has 2 heterocycles. The summed E-state index contributed by atoms with van der Waals surface area (Å²) in [5.74, 6) is -0.248. The first-order chi connectivity index (χ1) is 7.68. The highest BCUT2D eigenvalue weighted by atomic mass is 35.5. The van der Waals surface area contributed by atoms with Crippen molar-refractivity contribution in [1.29, 1.82) is 0 Å². The summed E-state index contributed by atoms with van der Waals surface area (Å²) in [6.45, 7) is 1.76. The molecule has 0 fully saturated rings. The van der Waals surface area contributed by atoms with Gasteiger partial charge in [-0.1, -0.05) is 17.7 Å². The normalized spacial score (nSPS) is 10.1. The van der Waals surface area contributed by atoms with Gasteiger partial charge in [0.05, 0.1) is 0 Å². The monoisotopic (exact) mass is 233 g/mol. The van der Waals surface area contributed by atoms with Gasteiger partial charge in [-0.25, -0.2) is 0 Å². The Bertz CT molecular complexity index is 528. The first-order valence-electron chi connectivity index (χ1n) is 4.64. The smallest absolute Gasteiger partial charge is 0.231 e. The lowest BCUT2D eigenvalue weighted by Gasteiger charge is -2.02. The third kappa shape index (κ3) is 2.06. The summed E-state index contributed by atoms with van der Waals surface area (Å²) in [6, 6.07) is 6.74. The Morgan fingerprint density at radius 2 is 2.12 bits per heavy atom. The fourth-order valence-electron chi connectivity index (χ4n) is 1.30. The van der Waals surface area contributed by atoms with Crippen molar-refractivity contribution in [2.75, 3.05) is 0 Å². The molecule has 0 aliphatic carbocycles. The molecule has 0 saturated carbocycles. The molecule has 0 amide bonds. The van der Waals surface area contributed by atoms with Crippen LogP contribution in [0, 0.1) is 6.92 Å². The highest BCUT2D eigenvalue weighted by molar-refractivity contribution is 6.29. The largest absolute Gasteiger partial charge is 0.285 e. The van der Waals surface area contributed by atoms with E-state index in [2.05, 4.69) is 15.2 Å². The molecule has 0 atom stereocenters. The van der Waals surface area contributed by atoms with Crippen LogP contribution in [-0.4, -0.2) is 21.0 Å². The molecular formula is C11H8ClN3O. The molecule has 0 unspecified atom stereocenters. The molecule has 0 aliphatic heterocycles. The van der Waals surface area contributed by atoms with Gasteiger partial charge in [0, 0.05) is 6.20 Å². The SMILES string of the molecule is Cc1cc(Cl)nnc1C(=O)c1ccccn1. The van der Waals surface area contributed by atoms with E-state index in [0.717, 1.165) is 0 Å². The van der Waals surface area contributed by atoms with Gasteiger partial charge < -0.3 is 0 Å². The van der Waals surface area contributed by atoms with Crippen LogP contribution in [0.2, 0.25) is 5.15 Å². The summed E-state index contributed by atoms with van der Waals surface area (Å²) in [7, 11) is 0. The second kappa shape index (κ2) is 4.37. The number of pyridine rings is 1. The number of carbonyl (C=O) groups excluding carboxylic acids is 1. The molecule has 2 rings (SSSR count). The first kappa shape index (κ1) is 10.7. The molecule has 0 N–H and O–H groups in total. The van der Waals surface area contributed by atoms with E-state index in [1.165, 1.54) is 0 Å². The number of rotatable bonds is 2. The van der Waals surface area contributed by atoms with Crippen LogP contribution in [0.5, 0.6) is 0 Å². The lowest BCUT2D eigenvalue weighted by atomic mass is 10.1. The maximum Gasteiger partial charge on any atom is 0.231 e. The van der Waals surface area contributed by atoms with Crippen molar-refractivity contribution in [2.45, 2.75) is 6.92 Å². The van der Waals surface area contributed by atoms with Gasteiger partial charge in [0.1, 0.15) is 11.4 Å². The number of ketones is 1. The molecule has 0 aromatic carbocycles. The van der Waals surface area contributed by atoms with Gasteiger partial charge >= 0.3 is 0 Å². The molecular weight excluding hydrogens is 226 g/mol. The Morgan fingerprint density at radius 3 is 2.75 bits per heavy atom. The molecule has 0 aliphatic rings. The van der Waals surface area contributed by atoms with E-state index in [0.29, 0.717) is 11.3 Å². The Hall–Kier alpha value is -1.81. The summed E-state index contributed by atoms with van der Waals surface area (Å²) in [5.41, 5.74) is 1.32. The molecule has 4 nitrogen and oxygen atoms in total. The minimum Gasteiger partial charge on any atom is -0.285 e. The van der Waals surface area contributed by atoms with Gasteiger partial charge in [0.15, 0.2) is 5.15 Å². The molecule has 80 valence electrons. The zero-order valence-corrected chi connectivity index (χ0v) is 9.27. The Labute approximate surface area is 97.3 Å². The lowest BCUT2D eigenvalue weighted by molar-refractivity contribution is 0.102. The van der Waals surface area contributed by atoms with Crippen LogP contribution in [0.25, 0.3) is 0 Å². The van der Waals surface area contributed by atoms with E-state index in [-0.39, 0.29) is 16.6 Å². The van der Waals surface area contributed by atoms with Gasteiger partial charge in [-0.2, -0.15) is 0 Å². The first-order valence-corrected chi connectivity index (χ1v) is 5.02. The zero-order valence-electron chi connectivity index (χ0n) is 8.51. The summed E-state index contributed by atoms with van der Waals surface area (Å²) >= 11 is 5.67. The van der Waals surface area contributed by atoms with Crippen LogP contribution in [0.15, 0.2) is 30.5 Å². The summed E-state index contributed by atoms with van der Waals surface area (Å²) in [4.78, 5) is 15.9. The molecule has 0 spiro atoms. The highest BCUT2D eigenvalue weighted by Gasteiger charge is 2.15. The van der Waals surface area contributed by atoms with Crippen molar-refractivity contribution in [3.63, 3.8) is 0 Å². The van der Waals surface area contributed by atoms with Crippen molar-refractivity contribution in [1.82, 2.24) is 15.2 Å². The van der Waals surface area contributed by atoms with Crippen LogP contribution in [0.4, 0.5) is 0 Å². The van der Waals surface area contributed by atoms with Gasteiger partial charge in [-0.3, -0.25) is 9.78 Å². The summed E-state index contributed by atoms with van der Waals surface area (Å²) < 4.78 is 0. The average molecular weight is 234 g/mol. The second-order valence-corrected chi connectivity index (χ2v) is 3.63. The maximum absolute atomic E-state index is 12.0. The van der Waals surface area contributed by atoms with E-state index in [1.54, 1.807) is 37.4 Å². The molecule has 2 aromatic heterocycles. The predicted octanol–water partition coefficient (Wildman–Crippen LogP) is 2.06. The molecule has 2 aromatic rings. The average Bonchev–Trinajstić information content (AvgIpc) is 2.29. The van der Waals surface area contributed by atoms with Crippen LogP contribution in [0.3, 0.4) is 0 Å². The lowest BCUT2D eigenvalue weighted by Crippen LogP contribution is -2.09. The van der Waals surface area contributed by atoms with E-state index >= 15 is 0 Å². The van der Waals surface area contributed by atoms with Gasteiger partial charge in [-0.05, 0) is 30.7 Å². The molecule has 0 saturated heterocycles. The van der Waals surface area contributed by atoms with Crippen molar-refractivity contribution < 1.29 is 4.79 Å². The quantitative estimate of drug-likeness (QED) is 0.745. The second-order valence-electron chi connectivity index (χ2n) is 3.24. The standard InChI is InChI=1S/C11H8ClN3O/c1-7-6-9(12)14-15-10(7)11(16)8-4-2-3-5-13-8/h2-6H,1H3. The van der Waals surface area contributed by atoms with E-state index in [1.807, 2.05) is 0 Å². The summed E-state index contributed by atoms with van der Waals surface area (Å²) in [6.07, 6.45) is 1.56. The van der Waals surface area contributed by atoms with E-state index in [4.69, 9.17) is 11.6 Å². The van der Waals surface area contributed by atoms with Crippen LogP contribution in [-0.2, 0) is 0 Å². The van der Waals surface area contributed by atoms with Crippen LogP contribution >= 0.6 is 11.6 Å². The van der Waals surface area contributed by atoms with Crippen molar-refractivity contribution in [3.05, 3.63) is 52.6 Å². The predicted molar refractivity (Wildman–Crippen MR) is 59.4 cm³/mol. The van der Waals surface area contributed by atoms with E-state index in [9.17, 15) is 4.79 Å². The Morgan fingerprint density at radius 1 is 1.31 bits per heavy atom. The molecule has 5 heteroatoms. The highest BCUT2D eigenvalue weighted by Crippen LogP contribution is 2.12. The van der Waals surface area contributed by atoms with Crippen molar-refractivity contribution >= 4 is 17.4 Å². The number of aryl methyl sites for hydroxylation is 1. The maximum atomic E-state index is 12.0. The number of nitrogens with zero attached hydrogens (tertiary/aromatic N) is 3. The van der Waals surface area contributed by atoms with Crippen LogP contribution < -0.4 is 0 Å². The number of carbonyl (C=O) groups is 1. The molecule has 0 bridgehead atoms. The molecule has 0 radical (unpaired) electrons. The van der Waals surface area contributed by atoms with Gasteiger partial charge in [0.2, 0.25) is 5.78 Å². The molecule has 16 heavy (non-hydrogen) atoms. The minimum atomic E-state index is -0.248. The third-order valence-corrected chi connectivity index (χ3v) is 2.25. The fourth-order valence-corrected chi connectivity index (χ4v) is 1.50. The fraction of sp³-hybridized carbons (Fsp3) is 0.0909. The topological polar surface area (TPSA) is 55.7 Å². The van der Waals surface area contributed by atoms with Crippen LogP contribution in [0.1, 0.15) is 21.7 Å².